The first-order valence-corrected chi connectivity index (χ1v) is 6.70. The summed E-state index contributed by atoms with van der Waals surface area (Å²) < 4.78 is 5.72. The largest absolute Gasteiger partial charge is 0.461 e. The van der Waals surface area contributed by atoms with Crippen molar-refractivity contribution in [2.75, 3.05) is 0 Å². The van der Waals surface area contributed by atoms with Crippen LogP contribution in [0.25, 0.3) is 11.0 Å². The lowest BCUT2D eigenvalue weighted by molar-refractivity contribution is 0.0235. The van der Waals surface area contributed by atoms with E-state index >= 15 is 0 Å². The number of fused-ring (bicyclic) bond motifs is 1. The Morgan fingerprint density at radius 2 is 1.75 bits per heavy atom. The first-order chi connectivity index (χ1) is 9.84. The van der Waals surface area contributed by atoms with E-state index in [1.807, 2.05) is 55.5 Å². The maximum absolute atomic E-state index is 5.72. The zero-order chi connectivity index (χ0) is 13.8. The van der Waals surface area contributed by atoms with E-state index in [0.29, 0.717) is 13.2 Å². The van der Waals surface area contributed by atoms with Crippen LogP contribution in [0, 0.1) is 6.92 Å². The number of furan rings is 1. The number of rotatable bonds is 5. The van der Waals surface area contributed by atoms with Crippen molar-refractivity contribution in [2.45, 2.75) is 20.1 Å². The van der Waals surface area contributed by atoms with Crippen LogP contribution in [-0.4, -0.2) is 0 Å². The summed E-state index contributed by atoms with van der Waals surface area (Å²) in [4.78, 5) is 5.51. The van der Waals surface area contributed by atoms with Crippen LogP contribution in [0.5, 0.6) is 0 Å². The van der Waals surface area contributed by atoms with Gasteiger partial charge in [0.1, 0.15) is 11.3 Å². The van der Waals surface area contributed by atoms with Crippen molar-refractivity contribution in [3.05, 3.63) is 71.5 Å². The van der Waals surface area contributed by atoms with Gasteiger partial charge in [0.2, 0.25) is 0 Å². The van der Waals surface area contributed by atoms with Crippen LogP contribution < -0.4 is 5.48 Å². The molecule has 0 saturated heterocycles. The van der Waals surface area contributed by atoms with Gasteiger partial charge in [-0.2, -0.15) is 5.48 Å². The molecule has 3 heteroatoms. The quantitative estimate of drug-likeness (QED) is 0.561. The monoisotopic (exact) mass is 267 g/mol. The topological polar surface area (TPSA) is 34.4 Å². The summed E-state index contributed by atoms with van der Waals surface area (Å²) in [6.07, 6.45) is 0. The van der Waals surface area contributed by atoms with E-state index in [0.717, 1.165) is 27.9 Å². The molecule has 3 nitrogen and oxygen atoms in total. The van der Waals surface area contributed by atoms with Gasteiger partial charge in [-0.05, 0) is 18.6 Å². The van der Waals surface area contributed by atoms with E-state index in [1.165, 1.54) is 0 Å². The van der Waals surface area contributed by atoms with E-state index in [1.54, 1.807) is 0 Å². The molecule has 3 aromatic rings. The number of para-hydroxylation sites is 1. The molecule has 102 valence electrons. The summed E-state index contributed by atoms with van der Waals surface area (Å²) in [5, 5.41) is 1.14. The van der Waals surface area contributed by atoms with Crippen LogP contribution in [0.2, 0.25) is 0 Å². The van der Waals surface area contributed by atoms with Crippen LogP contribution in [0.3, 0.4) is 0 Å². The molecule has 0 amide bonds. The van der Waals surface area contributed by atoms with Gasteiger partial charge < -0.3 is 4.42 Å². The third-order valence-electron chi connectivity index (χ3n) is 3.33. The van der Waals surface area contributed by atoms with Gasteiger partial charge >= 0.3 is 0 Å². The fourth-order valence-electron chi connectivity index (χ4n) is 2.27. The Morgan fingerprint density at radius 1 is 1.00 bits per heavy atom. The van der Waals surface area contributed by atoms with Crippen molar-refractivity contribution in [1.29, 1.82) is 0 Å². The molecular weight excluding hydrogens is 250 g/mol. The van der Waals surface area contributed by atoms with Crippen molar-refractivity contribution in [1.82, 2.24) is 5.48 Å². The molecule has 1 aromatic heterocycles. The molecule has 0 aliphatic carbocycles. The Labute approximate surface area is 118 Å². The fourth-order valence-corrected chi connectivity index (χ4v) is 2.27. The first-order valence-electron chi connectivity index (χ1n) is 6.70. The molecule has 3 rings (SSSR count). The molecule has 0 saturated carbocycles. The highest BCUT2D eigenvalue weighted by Crippen LogP contribution is 2.24. The zero-order valence-electron chi connectivity index (χ0n) is 11.4. The summed E-state index contributed by atoms with van der Waals surface area (Å²) in [6.45, 7) is 3.17. The van der Waals surface area contributed by atoms with Crippen LogP contribution in [0.4, 0.5) is 0 Å². The lowest BCUT2D eigenvalue weighted by Gasteiger charge is -2.05. The molecule has 0 spiro atoms. The SMILES string of the molecule is Cc1oc2ccccc2c1CNOCc1ccccc1. The van der Waals surface area contributed by atoms with Crippen molar-refractivity contribution >= 4 is 11.0 Å². The van der Waals surface area contributed by atoms with E-state index in [-0.39, 0.29) is 0 Å². The van der Waals surface area contributed by atoms with Gasteiger partial charge in [-0.1, -0.05) is 48.5 Å². The van der Waals surface area contributed by atoms with Crippen LogP contribution in [0.1, 0.15) is 16.9 Å². The lowest BCUT2D eigenvalue weighted by atomic mass is 10.1. The number of hydroxylamine groups is 1. The second-order valence-corrected chi connectivity index (χ2v) is 4.73. The van der Waals surface area contributed by atoms with Gasteiger partial charge in [0.25, 0.3) is 0 Å². The molecule has 1 N–H and O–H groups in total. The Bertz CT molecular complexity index is 689. The van der Waals surface area contributed by atoms with Crippen LogP contribution in [-0.2, 0) is 18.0 Å². The third kappa shape index (κ3) is 2.74. The van der Waals surface area contributed by atoms with E-state index < -0.39 is 0 Å². The molecule has 0 atom stereocenters. The van der Waals surface area contributed by atoms with Gasteiger partial charge in [-0.3, -0.25) is 4.84 Å². The third-order valence-corrected chi connectivity index (χ3v) is 3.33. The average Bonchev–Trinajstić information content (AvgIpc) is 2.80. The molecule has 0 aliphatic rings. The summed E-state index contributed by atoms with van der Waals surface area (Å²) in [5.74, 6) is 0.932. The van der Waals surface area contributed by atoms with Gasteiger partial charge in [0.05, 0.1) is 13.2 Å². The Hall–Kier alpha value is -2.10. The number of nitrogens with one attached hydrogen (secondary N) is 1. The molecule has 2 aromatic carbocycles. The number of benzene rings is 2. The maximum Gasteiger partial charge on any atom is 0.134 e. The number of hydrogen-bond donors (Lipinski definition) is 1. The Balaban J connectivity index is 1.61. The van der Waals surface area contributed by atoms with E-state index in [9.17, 15) is 0 Å². The number of aryl methyl sites for hydroxylation is 1. The second-order valence-electron chi connectivity index (χ2n) is 4.73. The normalized spacial score (nSPS) is 11.1. The highest BCUT2D eigenvalue weighted by molar-refractivity contribution is 5.82. The average molecular weight is 267 g/mol. The van der Waals surface area contributed by atoms with E-state index in [2.05, 4.69) is 11.5 Å². The molecule has 0 fully saturated rings. The van der Waals surface area contributed by atoms with Gasteiger partial charge in [-0.15, -0.1) is 0 Å². The van der Waals surface area contributed by atoms with Gasteiger partial charge in [0, 0.05) is 10.9 Å². The molecular formula is C17H17NO2. The minimum absolute atomic E-state index is 0.551. The second kappa shape index (κ2) is 5.90. The first kappa shape index (κ1) is 12.9. The highest BCUT2D eigenvalue weighted by Gasteiger charge is 2.09. The van der Waals surface area contributed by atoms with Crippen molar-refractivity contribution in [3.8, 4) is 0 Å². The fraction of sp³-hybridized carbons (Fsp3) is 0.176. The molecule has 0 bridgehead atoms. The van der Waals surface area contributed by atoms with E-state index in [4.69, 9.17) is 9.25 Å². The summed E-state index contributed by atoms with van der Waals surface area (Å²) >= 11 is 0. The predicted octanol–water partition coefficient (Wildman–Crippen LogP) is 3.96. The molecule has 20 heavy (non-hydrogen) atoms. The summed E-state index contributed by atoms with van der Waals surface area (Å²) in [7, 11) is 0. The maximum atomic E-state index is 5.72. The van der Waals surface area contributed by atoms with Gasteiger partial charge in [0.15, 0.2) is 0 Å². The molecule has 0 unspecified atom stereocenters. The van der Waals surface area contributed by atoms with Crippen molar-refractivity contribution < 1.29 is 9.25 Å². The van der Waals surface area contributed by atoms with Crippen LogP contribution in [0.15, 0.2) is 59.0 Å². The van der Waals surface area contributed by atoms with Crippen LogP contribution >= 0.6 is 0 Å². The number of hydrogen-bond acceptors (Lipinski definition) is 3. The predicted molar refractivity (Wildman–Crippen MR) is 79.0 cm³/mol. The zero-order valence-corrected chi connectivity index (χ0v) is 11.4. The minimum Gasteiger partial charge on any atom is -0.461 e. The summed E-state index contributed by atoms with van der Waals surface area (Å²) in [5.41, 5.74) is 6.22. The smallest absolute Gasteiger partial charge is 0.134 e. The molecule has 0 aliphatic heterocycles. The summed E-state index contributed by atoms with van der Waals surface area (Å²) in [6, 6.07) is 18.1. The highest BCUT2D eigenvalue weighted by atomic mass is 16.6. The molecule has 0 radical (unpaired) electrons. The Kier molecular flexibility index (Phi) is 3.81. The standard InChI is InChI=1S/C17H17NO2/c1-13-16(15-9-5-6-10-17(15)20-13)11-18-19-12-14-7-3-2-4-8-14/h2-10,18H,11-12H2,1H3. The van der Waals surface area contributed by atoms with Gasteiger partial charge in [-0.25, -0.2) is 0 Å². The Morgan fingerprint density at radius 3 is 2.60 bits per heavy atom. The minimum atomic E-state index is 0.551. The molecule has 1 heterocycles. The van der Waals surface area contributed by atoms with Crippen molar-refractivity contribution in [2.24, 2.45) is 0 Å². The lowest BCUT2D eigenvalue weighted by Crippen LogP contribution is -2.14. The van der Waals surface area contributed by atoms with Crippen molar-refractivity contribution in [3.63, 3.8) is 0 Å².